The second kappa shape index (κ2) is 3.24. The Hall–Kier alpha value is -1.24. The van der Waals surface area contributed by atoms with Crippen LogP contribution in [0.25, 0.3) is 0 Å². The van der Waals surface area contributed by atoms with Crippen LogP contribution >= 0.6 is 0 Å². The predicted molar refractivity (Wildman–Crippen MR) is 41.7 cm³/mol. The monoisotopic (exact) mass is 155 g/mol. The van der Waals surface area contributed by atoms with E-state index in [9.17, 15) is 4.79 Å². The summed E-state index contributed by atoms with van der Waals surface area (Å²) in [7, 11) is 0. The molecule has 0 aromatic rings. The molecule has 2 amide bonds. The van der Waals surface area contributed by atoms with Crippen LogP contribution in [0.3, 0.4) is 0 Å². The van der Waals surface area contributed by atoms with Crippen molar-refractivity contribution >= 4 is 6.03 Å². The zero-order chi connectivity index (χ0) is 9.07. The summed E-state index contributed by atoms with van der Waals surface area (Å²) in [5, 5.41) is 8.64. The molecule has 11 heavy (non-hydrogen) atoms. The van der Waals surface area contributed by atoms with Crippen LogP contribution in [0.15, 0.2) is 0 Å². The van der Waals surface area contributed by atoms with Crippen molar-refractivity contribution in [3.05, 3.63) is 0 Å². The molecule has 0 fully saturated rings. The minimum atomic E-state index is -0.805. The van der Waals surface area contributed by atoms with Crippen LogP contribution in [-0.2, 0) is 0 Å². The fourth-order valence-electron chi connectivity index (χ4n) is 0.887. The molecule has 0 aliphatic heterocycles. The van der Waals surface area contributed by atoms with Crippen molar-refractivity contribution in [2.75, 3.05) is 6.54 Å². The summed E-state index contributed by atoms with van der Waals surface area (Å²) < 4.78 is 0. The first kappa shape index (κ1) is 9.76. The third-order valence-corrected chi connectivity index (χ3v) is 1.53. The first-order valence-corrected chi connectivity index (χ1v) is 3.44. The number of urea groups is 1. The lowest BCUT2D eigenvalue weighted by Gasteiger charge is -2.29. The molecular weight excluding hydrogens is 142 g/mol. The van der Waals surface area contributed by atoms with Crippen LogP contribution in [-0.4, -0.2) is 23.0 Å². The largest absolute Gasteiger partial charge is 0.351 e. The van der Waals surface area contributed by atoms with Crippen molar-refractivity contribution in [2.45, 2.75) is 26.3 Å². The summed E-state index contributed by atoms with van der Waals surface area (Å²) in [6.45, 7) is 5.54. The molecule has 0 aliphatic carbocycles. The van der Waals surface area contributed by atoms with Crippen molar-refractivity contribution in [2.24, 2.45) is 5.73 Å². The molecule has 4 nitrogen and oxygen atoms in total. The van der Waals surface area contributed by atoms with E-state index >= 15 is 0 Å². The molecule has 0 heterocycles. The Bertz CT molecular complexity index is 192. The fraction of sp³-hybridized carbons (Fsp3) is 0.714. The maximum atomic E-state index is 10.7. The number of carbonyl (C=O) groups excluding carboxylic acids is 1. The van der Waals surface area contributed by atoms with Gasteiger partial charge in [0.1, 0.15) is 5.54 Å². The van der Waals surface area contributed by atoms with Crippen LogP contribution in [0.2, 0.25) is 0 Å². The van der Waals surface area contributed by atoms with E-state index in [-0.39, 0.29) is 0 Å². The molecule has 0 saturated carbocycles. The SMILES string of the molecule is CCN(C(N)=O)C(C)(C)C#N. The van der Waals surface area contributed by atoms with E-state index in [1.165, 1.54) is 4.90 Å². The van der Waals surface area contributed by atoms with Gasteiger partial charge in [-0.25, -0.2) is 4.79 Å². The average Bonchev–Trinajstić information content (AvgIpc) is 1.88. The van der Waals surface area contributed by atoms with E-state index in [2.05, 4.69) is 0 Å². The zero-order valence-electron chi connectivity index (χ0n) is 7.09. The van der Waals surface area contributed by atoms with Crippen molar-refractivity contribution in [3.8, 4) is 6.07 Å². The number of hydrogen-bond donors (Lipinski definition) is 1. The number of nitrogens with zero attached hydrogens (tertiary/aromatic N) is 2. The summed E-state index contributed by atoms with van der Waals surface area (Å²) >= 11 is 0. The first-order valence-electron chi connectivity index (χ1n) is 3.44. The molecule has 0 aromatic heterocycles. The van der Waals surface area contributed by atoms with Gasteiger partial charge in [-0.3, -0.25) is 0 Å². The molecule has 0 atom stereocenters. The van der Waals surface area contributed by atoms with Crippen LogP contribution in [0.4, 0.5) is 4.79 Å². The normalized spacial score (nSPS) is 10.4. The molecule has 0 unspecified atom stereocenters. The van der Waals surface area contributed by atoms with E-state index in [0.29, 0.717) is 6.54 Å². The fourth-order valence-corrected chi connectivity index (χ4v) is 0.887. The second-order valence-corrected chi connectivity index (χ2v) is 2.75. The quantitative estimate of drug-likeness (QED) is 0.637. The zero-order valence-corrected chi connectivity index (χ0v) is 7.09. The van der Waals surface area contributed by atoms with E-state index in [0.717, 1.165) is 0 Å². The Morgan fingerprint density at radius 2 is 2.18 bits per heavy atom. The summed E-state index contributed by atoms with van der Waals surface area (Å²) in [4.78, 5) is 12.0. The van der Waals surface area contributed by atoms with E-state index in [4.69, 9.17) is 11.0 Å². The molecule has 0 radical (unpaired) electrons. The minimum absolute atomic E-state index is 0.454. The van der Waals surface area contributed by atoms with Gasteiger partial charge in [-0.2, -0.15) is 5.26 Å². The van der Waals surface area contributed by atoms with Gasteiger partial charge in [0.25, 0.3) is 0 Å². The number of rotatable bonds is 2. The van der Waals surface area contributed by atoms with Crippen molar-refractivity contribution < 1.29 is 4.79 Å². The van der Waals surface area contributed by atoms with Crippen LogP contribution in [0.5, 0.6) is 0 Å². The molecule has 0 aliphatic rings. The topological polar surface area (TPSA) is 70.1 Å². The van der Waals surface area contributed by atoms with Gasteiger partial charge in [0, 0.05) is 6.54 Å². The van der Waals surface area contributed by atoms with Crippen LogP contribution in [0.1, 0.15) is 20.8 Å². The third-order valence-electron chi connectivity index (χ3n) is 1.53. The summed E-state index contributed by atoms with van der Waals surface area (Å²) in [6.07, 6.45) is 0. The van der Waals surface area contributed by atoms with Crippen molar-refractivity contribution in [1.82, 2.24) is 4.90 Å². The predicted octanol–water partition coefficient (Wildman–Crippen LogP) is 0.689. The van der Waals surface area contributed by atoms with Gasteiger partial charge in [0.2, 0.25) is 0 Å². The molecule has 0 rings (SSSR count). The van der Waals surface area contributed by atoms with Gasteiger partial charge in [0.05, 0.1) is 6.07 Å². The van der Waals surface area contributed by atoms with E-state index in [1.807, 2.05) is 6.07 Å². The van der Waals surface area contributed by atoms with Crippen molar-refractivity contribution in [3.63, 3.8) is 0 Å². The smallest absolute Gasteiger partial charge is 0.316 e. The lowest BCUT2D eigenvalue weighted by atomic mass is 10.1. The van der Waals surface area contributed by atoms with Gasteiger partial charge in [-0.1, -0.05) is 0 Å². The first-order chi connectivity index (χ1) is 4.95. The summed E-state index contributed by atoms with van der Waals surface area (Å²) in [5.74, 6) is 0. The Kier molecular flexibility index (Phi) is 2.87. The van der Waals surface area contributed by atoms with E-state index in [1.54, 1.807) is 20.8 Å². The number of carbonyl (C=O) groups is 1. The third kappa shape index (κ3) is 2.11. The Labute approximate surface area is 66.6 Å². The highest BCUT2D eigenvalue weighted by molar-refractivity contribution is 5.73. The Morgan fingerprint density at radius 3 is 2.27 bits per heavy atom. The molecule has 0 bridgehead atoms. The number of nitrogens with two attached hydrogens (primary N) is 1. The van der Waals surface area contributed by atoms with Crippen LogP contribution in [0, 0.1) is 11.3 Å². The second-order valence-electron chi connectivity index (χ2n) is 2.75. The molecule has 4 heteroatoms. The van der Waals surface area contributed by atoms with E-state index < -0.39 is 11.6 Å². The molecule has 2 N–H and O–H groups in total. The summed E-state index contributed by atoms with van der Waals surface area (Å²) in [5.41, 5.74) is 4.24. The van der Waals surface area contributed by atoms with Gasteiger partial charge in [0.15, 0.2) is 0 Å². The molecular formula is C7H13N3O. The number of hydrogen-bond acceptors (Lipinski definition) is 2. The van der Waals surface area contributed by atoms with Gasteiger partial charge < -0.3 is 10.6 Å². The van der Waals surface area contributed by atoms with Crippen molar-refractivity contribution in [1.29, 1.82) is 5.26 Å². The highest BCUT2D eigenvalue weighted by Crippen LogP contribution is 2.11. The van der Waals surface area contributed by atoms with Gasteiger partial charge in [-0.15, -0.1) is 0 Å². The maximum absolute atomic E-state index is 10.7. The standard InChI is InChI=1S/C7H13N3O/c1-4-10(6(9)11)7(2,3)5-8/h4H2,1-3H3,(H2,9,11). The lowest BCUT2D eigenvalue weighted by Crippen LogP contribution is -2.49. The molecule has 0 spiro atoms. The Balaban J connectivity index is 4.53. The maximum Gasteiger partial charge on any atom is 0.316 e. The number of primary amides is 1. The van der Waals surface area contributed by atoms with Gasteiger partial charge >= 0.3 is 6.03 Å². The number of amides is 2. The van der Waals surface area contributed by atoms with Crippen LogP contribution < -0.4 is 5.73 Å². The highest BCUT2D eigenvalue weighted by atomic mass is 16.2. The lowest BCUT2D eigenvalue weighted by molar-refractivity contribution is 0.175. The molecule has 0 saturated heterocycles. The molecule has 0 aromatic carbocycles. The number of nitriles is 1. The van der Waals surface area contributed by atoms with Gasteiger partial charge in [-0.05, 0) is 20.8 Å². The molecule has 62 valence electrons. The highest BCUT2D eigenvalue weighted by Gasteiger charge is 2.27. The summed E-state index contributed by atoms with van der Waals surface area (Å²) in [6, 6.07) is 1.44. The minimum Gasteiger partial charge on any atom is -0.351 e. The Morgan fingerprint density at radius 1 is 1.73 bits per heavy atom. The average molecular weight is 155 g/mol.